The van der Waals surface area contributed by atoms with Gasteiger partial charge in [0.25, 0.3) is 0 Å². The molecule has 1 rings (SSSR count). The van der Waals surface area contributed by atoms with Gasteiger partial charge in [-0.2, -0.15) is 4.98 Å². The molecule has 1 unspecified atom stereocenters. The minimum atomic E-state index is -0.376. The van der Waals surface area contributed by atoms with E-state index in [2.05, 4.69) is 15.5 Å². The molecular formula is C14H26N4O3. The quantitative estimate of drug-likeness (QED) is 0.836. The van der Waals surface area contributed by atoms with Crippen LogP contribution in [0.1, 0.15) is 58.8 Å². The Balaban J connectivity index is 2.69. The Morgan fingerprint density at radius 2 is 2.10 bits per heavy atom. The molecule has 0 saturated heterocycles. The maximum absolute atomic E-state index is 12.1. The molecule has 0 saturated carbocycles. The molecule has 0 radical (unpaired) electrons. The summed E-state index contributed by atoms with van der Waals surface area (Å²) in [5.41, 5.74) is -0.198. The highest BCUT2D eigenvalue weighted by Crippen LogP contribution is 2.20. The highest BCUT2D eigenvalue weighted by molar-refractivity contribution is 5.74. The molecule has 2 N–H and O–H groups in total. The molecule has 0 aromatic carbocycles. The second-order valence-electron chi connectivity index (χ2n) is 6.09. The first-order valence-electron chi connectivity index (χ1n) is 7.30. The first kappa shape index (κ1) is 17.4. The van der Waals surface area contributed by atoms with Crippen molar-refractivity contribution in [2.24, 2.45) is 0 Å². The Bertz CT molecular complexity index is 447. The highest BCUT2D eigenvalue weighted by atomic mass is 16.5. The van der Waals surface area contributed by atoms with Crippen LogP contribution in [0.4, 0.5) is 4.79 Å². The van der Waals surface area contributed by atoms with Crippen molar-refractivity contribution in [1.82, 2.24) is 20.4 Å². The van der Waals surface area contributed by atoms with Crippen LogP contribution < -0.4 is 5.32 Å². The topological polar surface area (TPSA) is 91.5 Å². The molecule has 120 valence electrons. The van der Waals surface area contributed by atoms with Crippen molar-refractivity contribution in [1.29, 1.82) is 0 Å². The number of aliphatic hydroxyl groups is 1. The normalized spacial score (nSPS) is 13.0. The van der Waals surface area contributed by atoms with Crippen LogP contribution >= 0.6 is 0 Å². The molecule has 2 amide bonds. The Labute approximate surface area is 125 Å². The van der Waals surface area contributed by atoms with Crippen LogP contribution in [0.15, 0.2) is 4.52 Å². The minimum absolute atomic E-state index is 0.0590. The smallest absolute Gasteiger partial charge is 0.318 e. The molecule has 21 heavy (non-hydrogen) atoms. The van der Waals surface area contributed by atoms with E-state index in [0.29, 0.717) is 24.8 Å². The van der Waals surface area contributed by atoms with Gasteiger partial charge in [-0.1, -0.05) is 32.9 Å². The number of rotatable bonds is 6. The maximum atomic E-state index is 12.1. The standard InChI is InChI=1S/C14H26N4O3/c1-6-7-18(8-9-19)13(20)15-10(2)11-16-12(17-21-11)14(3,4)5/h10,19H,6-9H2,1-5H3,(H,15,20). The summed E-state index contributed by atoms with van der Waals surface area (Å²) >= 11 is 0. The van der Waals surface area contributed by atoms with Gasteiger partial charge in [-0.25, -0.2) is 4.79 Å². The molecule has 0 spiro atoms. The summed E-state index contributed by atoms with van der Waals surface area (Å²) in [5.74, 6) is 0.994. The number of aromatic nitrogens is 2. The Morgan fingerprint density at radius 3 is 2.57 bits per heavy atom. The van der Waals surface area contributed by atoms with Gasteiger partial charge in [0.1, 0.15) is 6.04 Å². The second kappa shape index (κ2) is 7.40. The number of aliphatic hydroxyl groups excluding tert-OH is 1. The average Bonchev–Trinajstić information content (AvgIpc) is 2.87. The zero-order valence-corrected chi connectivity index (χ0v) is 13.5. The number of carbonyl (C=O) groups excluding carboxylic acids is 1. The lowest BCUT2D eigenvalue weighted by Crippen LogP contribution is -2.42. The van der Waals surface area contributed by atoms with Crippen LogP contribution in [-0.2, 0) is 5.41 Å². The molecule has 0 aliphatic rings. The van der Waals surface area contributed by atoms with E-state index in [-0.39, 0.29) is 24.1 Å². The fourth-order valence-electron chi connectivity index (χ4n) is 1.76. The summed E-state index contributed by atoms with van der Waals surface area (Å²) in [6, 6.07) is -0.618. The molecular weight excluding hydrogens is 272 g/mol. The summed E-state index contributed by atoms with van der Waals surface area (Å²) in [6.07, 6.45) is 0.830. The number of urea groups is 1. The summed E-state index contributed by atoms with van der Waals surface area (Å²) < 4.78 is 5.21. The first-order valence-corrected chi connectivity index (χ1v) is 7.30. The van der Waals surface area contributed by atoms with Gasteiger partial charge in [-0.3, -0.25) is 0 Å². The summed E-state index contributed by atoms with van der Waals surface area (Å²) in [5, 5.41) is 15.7. The third-order valence-corrected chi connectivity index (χ3v) is 2.97. The predicted octanol–water partition coefficient (Wildman–Crippen LogP) is 1.84. The fraction of sp³-hybridized carbons (Fsp3) is 0.786. The molecule has 1 heterocycles. The van der Waals surface area contributed by atoms with Crippen molar-refractivity contribution in [3.63, 3.8) is 0 Å². The molecule has 0 fully saturated rings. The number of carbonyl (C=O) groups is 1. The van der Waals surface area contributed by atoms with Crippen molar-refractivity contribution < 1.29 is 14.4 Å². The van der Waals surface area contributed by atoms with Crippen molar-refractivity contribution >= 4 is 6.03 Å². The van der Waals surface area contributed by atoms with E-state index < -0.39 is 0 Å². The van der Waals surface area contributed by atoms with Gasteiger partial charge in [0.15, 0.2) is 5.82 Å². The van der Waals surface area contributed by atoms with E-state index in [1.165, 1.54) is 0 Å². The van der Waals surface area contributed by atoms with Gasteiger partial charge in [0.05, 0.1) is 6.61 Å². The number of hydrogen-bond acceptors (Lipinski definition) is 5. The molecule has 7 heteroatoms. The Morgan fingerprint density at radius 1 is 1.43 bits per heavy atom. The molecule has 0 bridgehead atoms. The zero-order chi connectivity index (χ0) is 16.0. The largest absolute Gasteiger partial charge is 0.395 e. The predicted molar refractivity (Wildman–Crippen MR) is 78.9 cm³/mol. The van der Waals surface area contributed by atoms with Crippen LogP contribution in [0.3, 0.4) is 0 Å². The van der Waals surface area contributed by atoms with E-state index in [4.69, 9.17) is 9.63 Å². The number of nitrogens with zero attached hydrogens (tertiary/aromatic N) is 3. The lowest BCUT2D eigenvalue weighted by molar-refractivity contribution is 0.172. The van der Waals surface area contributed by atoms with Crippen LogP contribution in [0.25, 0.3) is 0 Å². The Hall–Kier alpha value is -1.63. The Kier molecular flexibility index (Phi) is 6.14. The maximum Gasteiger partial charge on any atom is 0.318 e. The third-order valence-electron chi connectivity index (χ3n) is 2.97. The van der Waals surface area contributed by atoms with Gasteiger partial charge in [0, 0.05) is 18.5 Å². The summed E-state index contributed by atoms with van der Waals surface area (Å²) in [4.78, 5) is 18.0. The van der Waals surface area contributed by atoms with Crippen LogP contribution in [0, 0.1) is 0 Å². The van der Waals surface area contributed by atoms with Gasteiger partial charge >= 0.3 is 6.03 Å². The minimum Gasteiger partial charge on any atom is -0.395 e. The van der Waals surface area contributed by atoms with E-state index in [1.54, 1.807) is 11.8 Å². The second-order valence-corrected chi connectivity index (χ2v) is 6.09. The average molecular weight is 298 g/mol. The molecule has 1 aromatic heterocycles. The summed E-state index contributed by atoms with van der Waals surface area (Å²) in [6.45, 7) is 10.6. The van der Waals surface area contributed by atoms with Gasteiger partial charge in [0.2, 0.25) is 5.89 Å². The number of hydrogen-bond donors (Lipinski definition) is 2. The number of amides is 2. The lowest BCUT2D eigenvalue weighted by Gasteiger charge is -2.23. The number of nitrogens with one attached hydrogen (secondary N) is 1. The monoisotopic (exact) mass is 298 g/mol. The first-order chi connectivity index (χ1) is 9.79. The van der Waals surface area contributed by atoms with E-state index >= 15 is 0 Å². The van der Waals surface area contributed by atoms with Gasteiger partial charge in [-0.05, 0) is 13.3 Å². The van der Waals surface area contributed by atoms with Crippen LogP contribution in [0.5, 0.6) is 0 Å². The van der Waals surface area contributed by atoms with Crippen molar-refractivity contribution in [2.75, 3.05) is 19.7 Å². The van der Waals surface area contributed by atoms with E-state index in [0.717, 1.165) is 6.42 Å². The van der Waals surface area contributed by atoms with Gasteiger partial charge in [-0.15, -0.1) is 0 Å². The summed E-state index contributed by atoms with van der Waals surface area (Å²) in [7, 11) is 0. The van der Waals surface area contributed by atoms with Crippen molar-refractivity contribution in [2.45, 2.75) is 52.5 Å². The molecule has 0 aliphatic heterocycles. The molecule has 0 aliphatic carbocycles. The molecule has 1 aromatic rings. The zero-order valence-electron chi connectivity index (χ0n) is 13.5. The highest BCUT2D eigenvalue weighted by Gasteiger charge is 2.24. The molecule has 1 atom stereocenters. The third kappa shape index (κ3) is 5.00. The van der Waals surface area contributed by atoms with Gasteiger partial charge < -0.3 is 19.8 Å². The van der Waals surface area contributed by atoms with Crippen LogP contribution in [-0.4, -0.2) is 45.9 Å². The SMILES string of the molecule is CCCN(CCO)C(=O)NC(C)c1nc(C(C)(C)C)no1. The van der Waals surface area contributed by atoms with Crippen LogP contribution in [0.2, 0.25) is 0 Å². The fourth-order valence-corrected chi connectivity index (χ4v) is 1.76. The van der Waals surface area contributed by atoms with Crippen molar-refractivity contribution in [3.8, 4) is 0 Å². The lowest BCUT2D eigenvalue weighted by atomic mass is 9.96. The van der Waals surface area contributed by atoms with E-state index in [1.807, 2.05) is 27.7 Å². The van der Waals surface area contributed by atoms with Crippen molar-refractivity contribution in [3.05, 3.63) is 11.7 Å². The molecule has 7 nitrogen and oxygen atoms in total. The van der Waals surface area contributed by atoms with E-state index in [9.17, 15) is 4.79 Å².